The molecule has 0 unspecified atom stereocenters. The molecule has 0 radical (unpaired) electrons. The number of rotatable bonds is 4. The maximum Gasteiger partial charge on any atom is 0.264 e. The maximum atomic E-state index is 12.9. The minimum atomic E-state index is 0.227. The summed E-state index contributed by atoms with van der Waals surface area (Å²) in [6.07, 6.45) is 5.87. The predicted molar refractivity (Wildman–Crippen MR) is 118 cm³/mol. The fourth-order valence-corrected chi connectivity index (χ4v) is 5.82. The summed E-state index contributed by atoms with van der Waals surface area (Å²) < 4.78 is 0. The molecule has 1 aromatic carbocycles. The van der Waals surface area contributed by atoms with Gasteiger partial charge in [-0.2, -0.15) is 0 Å². The standard InChI is InChI=1S/C24H32N2OS/c1-4-18-16-20(7-8-21(18)19-9-13-25(3)14-10-19)22-15-17(2)23(28-22)24(27)26-11-5-6-12-26/h7-8,15-16,19H,4-6,9-14H2,1-3H3. The molecule has 4 heteroatoms. The van der Waals surface area contributed by atoms with Crippen LogP contribution in [0.1, 0.15) is 64.9 Å². The summed E-state index contributed by atoms with van der Waals surface area (Å²) in [6.45, 7) is 8.56. The van der Waals surface area contributed by atoms with Gasteiger partial charge in [0.15, 0.2) is 0 Å². The van der Waals surface area contributed by atoms with E-state index in [1.54, 1.807) is 16.9 Å². The second-order valence-corrected chi connectivity index (χ2v) is 9.52. The number of carbonyl (C=O) groups excluding carboxylic acids is 1. The van der Waals surface area contributed by atoms with Crippen molar-refractivity contribution in [1.29, 1.82) is 0 Å². The SMILES string of the molecule is CCc1cc(-c2cc(C)c(C(=O)N3CCCC3)s2)ccc1C1CCN(C)CC1. The van der Waals surface area contributed by atoms with Crippen LogP contribution in [-0.4, -0.2) is 48.9 Å². The number of benzene rings is 1. The molecule has 0 spiro atoms. The molecule has 1 amide bonds. The number of likely N-dealkylation sites (tertiary alicyclic amines) is 2. The highest BCUT2D eigenvalue weighted by Crippen LogP contribution is 2.36. The van der Waals surface area contributed by atoms with E-state index in [1.165, 1.54) is 41.9 Å². The van der Waals surface area contributed by atoms with Crippen molar-refractivity contribution in [2.75, 3.05) is 33.2 Å². The van der Waals surface area contributed by atoms with Gasteiger partial charge < -0.3 is 9.80 Å². The van der Waals surface area contributed by atoms with Crippen molar-refractivity contribution >= 4 is 17.2 Å². The number of piperidine rings is 1. The van der Waals surface area contributed by atoms with Crippen LogP contribution < -0.4 is 0 Å². The minimum Gasteiger partial charge on any atom is -0.338 e. The van der Waals surface area contributed by atoms with Gasteiger partial charge in [0, 0.05) is 18.0 Å². The summed E-state index contributed by atoms with van der Waals surface area (Å²) in [5.74, 6) is 0.919. The fraction of sp³-hybridized carbons (Fsp3) is 0.542. The average Bonchev–Trinajstić information content (AvgIpc) is 3.38. The molecule has 0 aliphatic carbocycles. The summed E-state index contributed by atoms with van der Waals surface area (Å²) in [5.41, 5.74) is 5.41. The number of carbonyl (C=O) groups is 1. The smallest absolute Gasteiger partial charge is 0.264 e. The molecule has 2 fully saturated rings. The van der Waals surface area contributed by atoms with Crippen LogP contribution in [0.3, 0.4) is 0 Å². The lowest BCUT2D eigenvalue weighted by atomic mass is 9.85. The van der Waals surface area contributed by atoms with Crippen molar-refractivity contribution < 1.29 is 4.79 Å². The monoisotopic (exact) mass is 396 g/mol. The molecule has 0 bridgehead atoms. The van der Waals surface area contributed by atoms with Gasteiger partial charge in [-0.1, -0.05) is 25.1 Å². The van der Waals surface area contributed by atoms with Crippen LogP contribution in [-0.2, 0) is 6.42 Å². The number of thiophene rings is 1. The van der Waals surface area contributed by atoms with Gasteiger partial charge in [-0.15, -0.1) is 11.3 Å². The van der Waals surface area contributed by atoms with E-state index in [9.17, 15) is 4.79 Å². The van der Waals surface area contributed by atoms with E-state index in [-0.39, 0.29) is 5.91 Å². The zero-order valence-electron chi connectivity index (χ0n) is 17.5. The molecule has 3 heterocycles. The molecule has 3 nitrogen and oxygen atoms in total. The van der Waals surface area contributed by atoms with Gasteiger partial charge in [-0.25, -0.2) is 0 Å². The summed E-state index contributed by atoms with van der Waals surface area (Å²) >= 11 is 1.67. The second kappa shape index (κ2) is 8.38. The van der Waals surface area contributed by atoms with Gasteiger partial charge in [0.1, 0.15) is 0 Å². The molecule has 4 rings (SSSR count). The summed E-state index contributed by atoms with van der Waals surface area (Å²) in [4.78, 5) is 19.5. The Balaban J connectivity index is 1.59. The third kappa shape index (κ3) is 3.90. The average molecular weight is 397 g/mol. The molecular formula is C24H32N2OS. The Labute approximate surface area is 173 Å². The summed E-state index contributed by atoms with van der Waals surface area (Å²) in [5, 5.41) is 0. The number of nitrogens with zero attached hydrogens (tertiary/aromatic N) is 2. The second-order valence-electron chi connectivity index (χ2n) is 8.47. The number of aryl methyl sites for hydroxylation is 2. The third-order valence-corrected chi connectivity index (χ3v) is 7.75. The van der Waals surface area contributed by atoms with Crippen molar-refractivity contribution in [2.24, 2.45) is 0 Å². The van der Waals surface area contributed by atoms with Gasteiger partial charge >= 0.3 is 0 Å². The van der Waals surface area contributed by atoms with E-state index in [4.69, 9.17) is 0 Å². The highest BCUT2D eigenvalue weighted by molar-refractivity contribution is 7.17. The van der Waals surface area contributed by atoms with E-state index >= 15 is 0 Å². The van der Waals surface area contributed by atoms with E-state index < -0.39 is 0 Å². The Morgan fingerprint density at radius 2 is 1.82 bits per heavy atom. The molecule has 2 aromatic rings. The molecule has 2 aliphatic heterocycles. The van der Waals surface area contributed by atoms with Crippen LogP contribution in [0.5, 0.6) is 0 Å². The van der Waals surface area contributed by atoms with Gasteiger partial charge in [0.25, 0.3) is 5.91 Å². The van der Waals surface area contributed by atoms with Crippen LogP contribution in [0.2, 0.25) is 0 Å². The Kier molecular flexibility index (Phi) is 5.88. The lowest BCUT2D eigenvalue weighted by molar-refractivity contribution is 0.0797. The molecule has 150 valence electrons. The largest absolute Gasteiger partial charge is 0.338 e. The molecule has 2 aliphatic rings. The van der Waals surface area contributed by atoms with Gasteiger partial charge in [0.2, 0.25) is 0 Å². The van der Waals surface area contributed by atoms with Crippen molar-refractivity contribution in [3.05, 3.63) is 45.8 Å². The molecule has 0 saturated carbocycles. The summed E-state index contributed by atoms with van der Waals surface area (Å²) in [7, 11) is 2.22. The predicted octanol–water partition coefficient (Wildman–Crippen LogP) is 5.33. The topological polar surface area (TPSA) is 23.6 Å². The van der Waals surface area contributed by atoms with Gasteiger partial charge in [-0.3, -0.25) is 4.79 Å². The lowest BCUT2D eigenvalue weighted by Crippen LogP contribution is -2.29. The van der Waals surface area contributed by atoms with Crippen LogP contribution in [0, 0.1) is 6.92 Å². The van der Waals surface area contributed by atoms with Crippen molar-refractivity contribution in [2.45, 2.75) is 51.9 Å². The maximum absolute atomic E-state index is 12.9. The zero-order valence-corrected chi connectivity index (χ0v) is 18.3. The minimum absolute atomic E-state index is 0.227. The Morgan fingerprint density at radius 1 is 1.11 bits per heavy atom. The normalized spacial score (nSPS) is 18.8. The zero-order chi connectivity index (χ0) is 19.7. The molecule has 2 saturated heterocycles. The number of hydrogen-bond acceptors (Lipinski definition) is 3. The first-order chi connectivity index (χ1) is 13.6. The lowest BCUT2D eigenvalue weighted by Gasteiger charge is -2.30. The Morgan fingerprint density at radius 3 is 2.50 bits per heavy atom. The van der Waals surface area contributed by atoms with Crippen LogP contribution in [0.15, 0.2) is 24.3 Å². The highest BCUT2D eigenvalue weighted by atomic mass is 32.1. The quantitative estimate of drug-likeness (QED) is 0.697. The Hall–Kier alpha value is -1.65. The van der Waals surface area contributed by atoms with Crippen LogP contribution >= 0.6 is 11.3 Å². The molecule has 0 N–H and O–H groups in total. The van der Waals surface area contributed by atoms with Gasteiger partial charge in [0.05, 0.1) is 4.88 Å². The third-order valence-electron chi connectivity index (χ3n) is 6.47. The van der Waals surface area contributed by atoms with Crippen molar-refractivity contribution in [3.8, 4) is 10.4 Å². The van der Waals surface area contributed by atoms with Gasteiger partial charge in [-0.05, 0) is 93.4 Å². The Bertz CT molecular complexity index is 842. The summed E-state index contributed by atoms with van der Waals surface area (Å²) in [6, 6.07) is 9.23. The van der Waals surface area contributed by atoms with E-state index in [0.29, 0.717) is 5.92 Å². The molecule has 28 heavy (non-hydrogen) atoms. The van der Waals surface area contributed by atoms with E-state index in [2.05, 4.69) is 50.1 Å². The molecule has 0 atom stereocenters. The van der Waals surface area contributed by atoms with E-state index in [1.807, 2.05) is 4.90 Å². The molecular weight excluding hydrogens is 364 g/mol. The fourth-order valence-electron chi connectivity index (χ4n) is 4.68. The highest BCUT2D eigenvalue weighted by Gasteiger charge is 2.24. The first kappa shape index (κ1) is 19.7. The van der Waals surface area contributed by atoms with Crippen molar-refractivity contribution in [1.82, 2.24) is 9.80 Å². The first-order valence-corrected chi connectivity index (χ1v) is 11.6. The van der Waals surface area contributed by atoms with E-state index in [0.717, 1.165) is 42.8 Å². The number of hydrogen-bond donors (Lipinski definition) is 0. The molecule has 1 aromatic heterocycles. The number of amides is 1. The van der Waals surface area contributed by atoms with Crippen LogP contribution in [0.4, 0.5) is 0 Å². The van der Waals surface area contributed by atoms with Crippen LogP contribution in [0.25, 0.3) is 10.4 Å². The first-order valence-electron chi connectivity index (χ1n) is 10.8. The van der Waals surface area contributed by atoms with Crippen molar-refractivity contribution in [3.63, 3.8) is 0 Å².